The fourth-order valence-electron chi connectivity index (χ4n) is 3.91. The standard InChI is InChI=1S/C22H16Cl2N2O2/c23-16-8-6-13(11-17(16)24)18-9-10-19(28-18)21-15-7-5-12-3-1-2-4-14(12)20(15)25-22(27)26-21/h1-4,6,8-11,21H,5,7H2,(H2,25,26,27). The molecule has 2 heterocycles. The van der Waals surface area contributed by atoms with Gasteiger partial charge in [-0.1, -0.05) is 47.5 Å². The van der Waals surface area contributed by atoms with Crippen LogP contribution >= 0.6 is 23.2 Å². The van der Waals surface area contributed by atoms with Gasteiger partial charge in [-0.2, -0.15) is 0 Å². The van der Waals surface area contributed by atoms with Crippen LogP contribution in [0.3, 0.4) is 0 Å². The van der Waals surface area contributed by atoms with Gasteiger partial charge in [0.1, 0.15) is 17.6 Å². The zero-order valence-electron chi connectivity index (χ0n) is 14.8. The second kappa shape index (κ2) is 6.73. The van der Waals surface area contributed by atoms with Crippen LogP contribution < -0.4 is 10.6 Å². The van der Waals surface area contributed by atoms with E-state index in [0.717, 1.165) is 35.2 Å². The van der Waals surface area contributed by atoms with Crippen LogP contribution in [-0.2, 0) is 6.42 Å². The first-order valence-corrected chi connectivity index (χ1v) is 9.80. The molecule has 0 fully saturated rings. The van der Waals surface area contributed by atoms with Crippen LogP contribution in [0.1, 0.15) is 29.3 Å². The molecule has 0 saturated heterocycles. The predicted molar refractivity (Wildman–Crippen MR) is 110 cm³/mol. The number of aryl methyl sites for hydroxylation is 1. The van der Waals surface area contributed by atoms with Gasteiger partial charge in [0.15, 0.2) is 0 Å². The van der Waals surface area contributed by atoms with E-state index in [1.807, 2.05) is 30.3 Å². The van der Waals surface area contributed by atoms with Crippen molar-refractivity contribution < 1.29 is 9.21 Å². The Morgan fingerprint density at radius 1 is 0.964 bits per heavy atom. The van der Waals surface area contributed by atoms with Gasteiger partial charge in [0, 0.05) is 11.1 Å². The SMILES string of the molecule is O=C1NC2=C(CCc3ccccc32)C(c2ccc(-c3ccc(Cl)c(Cl)c3)o2)N1. The number of furan rings is 1. The zero-order chi connectivity index (χ0) is 19.3. The third-order valence-corrected chi connectivity index (χ3v) is 5.99. The summed E-state index contributed by atoms with van der Waals surface area (Å²) < 4.78 is 6.11. The molecule has 0 saturated carbocycles. The number of halogens is 2. The summed E-state index contributed by atoms with van der Waals surface area (Å²) in [5.74, 6) is 1.38. The maximum atomic E-state index is 12.3. The summed E-state index contributed by atoms with van der Waals surface area (Å²) in [4.78, 5) is 12.3. The number of urea groups is 1. The molecular weight excluding hydrogens is 395 g/mol. The van der Waals surface area contributed by atoms with Crippen molar-refractivity contribution in [3.05, 3.63) is 87.1 Å². The number of amides is 2. The number of carbonyl (C=O) groups is 1. The largest absolute Gasteiger partial charge is 0.459 e. The van der Waals surface area contributed by atoms with E-state index in [9.17, 15) is 4.79 Å². The molecule has 1 atom stereocenters. The minimum atomic E-state index is -0.298. The maximum absolute atomic E-state index is 12.3. The van der Waals surface area contributed by atoms with E-state index < -0.39 is 0 Å². The van der Waals surface area contributed by atoms with Crippen LogP contribution in [-0.4, -0.2) is 6.03 Å². The van der Waals surface area contributed by atoms with Crippen molar-refractivity contribution in [1.29, 1.82) is 0 Å². The summed E-state index contributed by atoms with van der Waals surface area (Å²) in [5, 5.41) is 6.95. The molecule has 2 aromatic carbocycles. The third-order valence-electron chi connectivity index (χ3n) is 5.25. The molecule has 0 bridgehead atoms. The highest BCUT2D eigenvalue weighted by atomic mass is 35.5. The van der Waals surface area contributed by atoms with E-state index in [0.29, 0.717) is 21.6 Å². The summed E-state index contributed by atoms with van der Waals surface area (Å²) in [6, 6.07) is 16.8. The Morgan fingerprint density at radius 3 is 2.68 bits per heavy atom. The normalized spacial score (nSPS) is 18.2. The molecule has 140 valence electrons. The van der Waals surface area contributed by atoms with Crippen LogP contribution in [0.2, 0.25) is 10.0 Å². The minimum Gasteiger partial charge on any atom is -0.459 e. The summed E-state index contributed by atoms with van der Waals surface area (Å²) in [5.41, 5.74) is 5.19. The fraction of sp³-hybridized carbons (Fsp3) is 0.136. The highest BCUT2D eigenvalue weighted by molar-refractivity contribution is 6.42. The van der Waals surface area contributed by atoms with Crippen molar-refractivity contribution in [3.63, 3.8) is 0 Å². The lowest BCUT2D eigenvalue weighted by molar-refractivity contribution is 0.238. The average molecular weight is 411 g/mol. The molecule has 3 aromatic rings. The molecule has 1 unspecified atom stereocenters. The summed E-state index contributed by atoms with van der Waals surface area (Å²) >= 11 is 12.1. The molecule has 28 heavy (non-hydrogen) atoms. The van der Waals surface area contributed by atoms with E-state index in [4.69, 9.17) is 27.6 Å². The lowest BCUT2D eigenvalue weighted by atomic mass is 9.84. The molecule has 4 nitrogen and oxygen atoms in total. The van der Waals surface area contributed by atoms with Gasteiger partial charge >= 0.3 is 6.03 Å². The lowest BCUT2D eigenvalue weighted by Crippen LogP contribution is -2.44. The minimum absolute atomic E-state index is 0.229. The van der Waals surface area contributed by atoms with Crippen molar-refractivity contribution in [2.24, 2.45) is 0 Å². The molecule has 6 heteroatoms. The Kier molecular flexibility index (Phi) is 4.18. The molecular formula is C22H16Cl2N2O2. The van der Waals surface area contributed by atoms with Gasteiger partial charge in [-0.05, 0) is 54.3 Å². The van der Waals surface area contributed by atoms with Gasteiger partial charge < -0.3 is 15.1 Å². The first-order chi connectivity index (χ1) is 13.6. The Bertz CT molecular complexity index is 1130. The number of hydrogen-bond donors (Lipinski definition) is 2. The van der Waals surface area contributed by atoms with Crippen molar-refractivity contribution in [2.45, 2.75) is 18.9 Å². The van der Waals surface area contributed by atoms with E-state index in [1.165, 1.54) is 5.56 Å². The number of benzene rings is 2. The quantitative estimate of drug-likeness (QED) is 0.546. The van der Waals surface area contributed by atoms with Crippen LogP contribution in [0.25, 0.3) is 17.0 Å². The average Bonchev–Trinajstić information content (AvgIpc) is 3.19. The van der Waals surface area contributed by atoms with Crippen LogP contribution in [0.4, 0.5) is 4.79 Å². The summed E-state index contributed by atoms with van der Waals surface area (Å²) in [6.45, 7) is 0. The van der Waals surface area contributed by atoms with Crippen LogP contribution in [0, 0.1) is 0 Å². The number of carbonyl (C=O) groups excluding carboxylic acids is 1. The predicted octanol–water partition coefficient (Wildman–Crippen LogP) is 5.96. The lowest BCUT2D eigenvalue weighted by Gasteiger charge is -2.33. The summed E-state index contributed by atoms with van der Waals surface area (Å²) in [6.07, 6.45) is 1.79. The number of rotatable bonds is 2. The molecule has 1 aliphatic carbocycles. The molecule has 1 aliphatic heterocycles. The topological polar surface area (TPSA) is 54.3 Å². The van der Waals surface area contributed by atoms with Gasteiger partial charge in [-0.25, -0.2) is 4.79 Å². The Balaban J connectivity index is 1.55. The van der Waals surface area contributed by atoms with E-state index >= 15 is 0 Å². The first kappa shape index (κ1) is 17.4. The van der Waals surface area contributed by atoms with Gasteiger partial charge in [0.05, 0.1) is 15.7 Å². The molecule has 2 N–H and O–H groups in total. The Labute approximate surface area is 172 Å². The van der Waals surface area contributed by atoms with Crippen molar-refractivity contribution in [3.8, 4) is 11.3 Å². The smallest absolute Gasteiger partial charge is 0.320 e. The summed E-state index contributed by atoms with van der Waals surface area (Å²) in [7, 11) is 0. The van der Waals surface area contributed by atoms with E-state index in [1.54, 1.807) is 12.1 Å². The molecule has 0 spiro atoms. The second-order valence-corrected chi connectivity index (χ2v) is 7.73. The highest BCUT2D eigenvalue weighted by Crippen LogP contribution is 2.40. The van der Waals surface area contributed by atoms with Crippen molar-refractivity contribution in [1.82, 2.24) is 10.6 Å². The second-order valence-electron chi connectivity index (χ2n) is 6.92. The van der Waals surface area contributed by atoms with Gasteiger partial charge in [-0.15, -0.1) is 0 Å². The number of fused-ring (bicyclic) bond motifs is 2. The van der Waals surface area contributed by atoms with Crippen molar-refractivity contribution in [2.75, 3.05) is 0 Å². The van der Waals surface area contributed by atoms with Gasteiger partial charge in [-0.3, -0.25) is 0 Å². The fourth-order valence-corrected chi connectivity index (χ4v) is 4.21. The molecule has 0 radical (unpaired) electrons. The van der Waals surface area contributed by atoms with Crippen molar-refractivity contribution >= 4 is 34.9 Å². The first-order valence-electron chi connectivity index (χ1n) is 9.04. The Morgan fingerprint density at radius 2 is 1.82 bits per heavy atom. The van der Waals surface area contributed by atoms with Crippen LogP contribution in [0.5, 0.6) is 0 Å². The van der Waals surface area contributed by atoms with Crippen LogP contribution in [0.15, 0.2) is 64.6 Å². The number of hydrogen-bond acceptors (Lipinski definition) is 2. The van der Waals surface area contributed by atoms with E-state index in [-0.39, 0.29) is 12.1 Å². The zero-order valence-corrected chi connectivity index (χ0v) is 16.3. The monoisotopic (exact) mass is 410 g/mol. The molecule has 2 amide bonds. The molecule has 2 aliphatic rings. The Hall–Kier alpha value is -2.69. The third kappa shape index (κ3) is 2.89. The van der Waals surface area contributed by atoms with Gasteiger partial charge in [0.25, 0.3) is 0 Å². The molecule has 1 aromatic heterocycles. The number of nitrogens with one attached hydrogen (secondary N) is 2. The van der Waals surface area contributed by atoms with Gasteiger partial charge in [0.2, 0.25) is 0 Å². The molecule has 5 rings (SSSR count). The van der Waals surface area contributed by atoms with E-state index in [2.05, 4.69) is 22.8 Å². The maximum Gasteiger partial charge on any atom is 0.320 e. The highest BCUT2D eigenvalue weighted by Gasteiger charge is 2.33.